The number of hydrogen-bond acceptors (Lipinski definition) is 1. The van der Waals surface area contributed by atoms with Gasteiger partial charge in [-0.15, -0.1) is 0 Å². The van der Waals surface area contributed by atoms with Crippen LogP contribution in [0.5, 0.6) is 0 Å². The van der Waals surface area contributed by atoms with E-state index in [1.807, 2.05) is 0 Å². The van der Waals surface area contributed by atoms with Crippen molar-refractivity contribution >= 4 is 22.6 Å². The normalized spacial score (nSPS) is 23.1. The van der Waals surface area contributed by atoms with E-state index in [-0.39, 0.29) is 0 Å². The number of fused-ring (bicyclic) bond motifs is 3. The lowest BCUT2D eigenvalue weighted by atomic mass is 9.88. The second-order valence-electron chi connectivity index (χ2n) is 5.28. The van der Waals surface area contributed by atoms with Crippen LogP contribution >= 0.6 is 22.6 Å². The third-order valence-corrected chi connectivity index (χ3v) is 5.36. The van der Waals surface area contributed by atoms with E-state index in [1.165, 1.54) is 35.7 Å². The Kier molecular flexibility index (Phi) is 3.44. The molecule has 0 aromatic heterocycles. The fourth-order valence-electron chi connectivity index (χ4n) is 3.51. The van der Waals surface area contributed by atoms with Crippen LogP contribution in [0.25, 0.3) is 0 Å². The van der Waals surface area contributed by atoms with Crippen LogP contribution in [0.15, 0.2) is 6.07 Å². The minimum atomic E-state index is 0.839. The van der Waals surface area contributed by atoms with Crippen molar-refractivity contribution in [1.29, 1.82) is 0 Å². The highest BCUT2D eigenvalue weighted by molar-refractivity contribution is 14.1. The molecule has 2 heteroatoms. The van der Waals surface area contributed by atoms with Gasteiger partial charge in [0.2, 0.25) is 0 Å². The van der Waals surface area contributed by atoms with Crippen molar-refractivity contribution in [2.45, 2.75) is 44.9 Å². The zero-order valence-corrected chi connectivity index (χ0v) is 12.6. The lowest BCUT2D eigenvalue weighted by Crippen LogP contribution is -2.16. The SMILES string of the molecule is CCC1CCc2c(I)cc3c(c21)CCNCC3. The number of hydrogen-bond donors (Lipinski definition) is 1. The van der Waals surface area contributed by atoms with Gasteiger partial charge >= 0.3 is 0 Å². The summed E-state index contributed by atoms with van der Waals surface area (Å²) in [5.41, 5.74) is 6.75. The molecule has 17 heavy (non-hydrogen) atoms. The molecule has 0 saturated carbocycles. The summed E-state index contributed by atoms with van der Waals surface area (Å²) in [4.78, 5) is 0. The van der Waals surface area contributed by atoms with Gasteiger partial charge < -0.3 is 5.32 Å². The maximum atomic E-state index is 3.54. The second kappa shape index (κ2) is 4.88. The molecule has 1 N–H and O–H groups in total. The summed E-state index contributed by atoms with van der Waals surface area (Å²) in [6.07, 6.45) is 6.46. The van der Waals surface area contributed by atoms with Gasteiger partial charge in [0.05, 0.1) is 0 Å². The van der Waals surface area contributed by atoms with Crippen molar-refractivity contribution in [3.8, 4) is 0 Å². The van der Waals surface area contributed by atoms with Gasteiger partial charge in [0, 0.05) is 3.57 Å². The zero-order chi connectivity index (χ0) is 11.8. The Morgan fingerprint density at radius 3 is 2.88 bits per heavy atom. The summed E-state index contributed by atoms with van der Waals surface area (Å²) < 4.78 is 1.52. The first kappa shape index (κ1) is 12.0. The molecule has 2 aliphatic rings. The molecule has 1 unspecified atom stereocenters. The van der Waals surface area contributed by atoms with Gasteiger partial charge in [-0.3, -0.25) is 0 Å². The Morgan fingerprint density at radius 1 is 1.24 bits per heavy atom. The summed E-state index contributed by atoms with van der Waals surface area (Å²) in [5, 5.41) is 3.54. The molecule has 0 fully saturated rings. The van der Waals surface area contributed by atoms with Gasteiger partial charge in [-0.2, -0.15) is 0 Å². The highest BCUT2D eigenvalue weighted by Gasteiger charge is 2.28. The smallest absolute Gasteiger partial charge is 0.0168 e. The first-order valence-electron chi connectivity index (χ1n) is 6.85. The number of benzene rings is 1. The molecule has 0 bridgehead atoms. The third kappa shape index (κ3) is 2.03. The molecule has 1 aromatic carbocycles. The van der Waals surface area contributed by atoms with E-state index in [0.29, 0.717) is 0 Å². The number of rotatable bonds is 1. The van der Waals surface area contributed by atoms with Crippen molar-refractivity contribution in [2.24, 2.45) is 0 Å². The molecule has 1 aromatic rings. The highest BCUT2D eigenvalue weighted by atomic mass is 127. The Morgan fingerprint density at radius 2 is 2.06 bits per heavy atom. The molecule has 92 valence electrons. The van der Waals surface area contributed by atoms with Gasteiger partial charge in [0.1, 0.15) is 0 Å². The molecule has 1 nitrogen and oxygen atoms in total. The van der Waals surface area contributed by atoms with Crippen molar-refractivity contribution in [3.05, 3.63) is 31.9 Å². The van der Waals surface area contributed by atoms with E-state index in [4.69, 9.17) is 0 Å². The van der Waals surface area contributed by atoms with Crippen molar-refractivity contribution < 1.29 is 0 Å². The average molecular weight is 341 g/mol. The van der Waals surface area contributed by atoms with Crippen LogP contribution < -0.4 is 5.32 Å². The molecule has 3 rings (SSSR count). The molecule has 1 heterocycles. The minimum absolute atomic E-state index is 0.839. The van der Waals surface area contributed by atoms with E-state index in [1.54, 1.807) is 22.3 Å². The minimum Gasteiger partial charge on any atom is -0.316 e. The van der Waals surface area contributed by atoms with Crippen molar-refractivity contribution in [3.63, 3.8) is 0 Å². The van der Waals surface area contributed by atoms with Crippen LogP contribution in [-0.2, 0) is 19.3 Å². The van der Waals surface area contributed by atoms with E-state index < -0.39 is 0 Å². The quantitative estimate of drug-likeness (QED) is 0.772. The highest BCUT2D eigenvalue weighted by Crippen LogP contribution is 2.41. The van der Waals surface area contributed by atoms with Crippen LogP contribution in [0.1, 0.15) is 47.9 Å². The van der Waals surface area contributed by atoms with Gasteiger partial charge in [-0.05, 0) is 102 Å². The first-order valence-corrected chi connectivity index (χ1v) is 7.93. The van der Waals surface area contributed by atoms with E-state index in [0.717, 1.165) is 19.0 Å². The standard InChI is InChI=1S/C15H20IN/c1-2-10-3-4-13-14(16)9-11-5-7-17-8-6-12(11)15(10)13/h9-10,17H,2-8H2,1H3. The fraction of sp³-hybridized carbons (Fsp3) is 0.600. The number of nitrogens with one attached hydrogen (secondary N) is 1. The Bertz CT molecular complexity index is 439. The Hall–Kier alpha value is -0.0900. The van der Waals surface area contributed by atoms with Gasteiger partial charge in [-0.25, -0.2) is 0 Å². The molecule has 1 atom stereocenters. The van der Waals surface area contributed by atoms with E-state index in [9.17, 15) is 0 Å². The average Bonchev–Trinajstić information content (AvgIpc) is 2.63. The Labute approximate surface area is 118 Å². The summed E-state index contributed by atoms with van der Waals surface area (Å²) >= 11 is 2.55. The summed E-state index contributed by atoms with van der Waals surface area (Å²) in [6.45, 7) is 4.66. The summed E-state index contributed by atoms with van der Waals surface area (Å²) in [7, 11) is 0. The maximum absolute atomic E-state index is 3.54. The molecule has 0 radical (unpaired) electrons. The van der Waals surface area contributed by atoms with E-state index >= 15 is 0 Å². The summed E-state index contributed by atoms with van der Waals surface area (Å²) in [6, 6.07) is 2.46. The van der Waals surface area contributed by atoms with Crippen LogP contribution in [0.3, 0.4) is 0 Å². The first-order chi connectivity index (χ1) is 8.31. The van der Waals surface area contributed by atoms with Crippen molar-refractivity contribution in [2.75, 3.05) is 13.1 Å². The molecular weight excluding hydrogens is 321 g/mol. The maximum Gasteiger partial charge on any atom is 0.0168 e. The predicted octanol–water partition coefficient (Wildman–Crippen LogP) is 3.42. The monoisotopic (exact) mass is 341 g/mol. The van der Waals surface area contributed by atoms with Crippen LogP contribution in [-0.4, -0.2) is 13.1 Å². The second-order valence-corrected chi connectivity index (χ2v) is 6.44. The summed E-state index contributed by atoms with van der Waals surface area (Å²) in [5.74, 6) is 0.839. The lowest BCUT2D eigenvalue weighted by Gasteiger charge is -2.18. The van der Waals surface area contributed by atoms with Crippen molar-refractivity contribution in [1.82, 2.24) is 5.32 Å². The molecule has 0 spiro atoms. The predicted molar refractivity (Wildman–Crippen MR) is 80.8 cm³/mol. The molecule has 0 amide bonds. The third-order valence-electron chi connectivity index (χ3n) is 4.39. The van der Waals surface area contributed by atoms with E-state index in [2.05, 4.69) is 40.9 Å². The van der Waals surface area contributed by atoms with Gasteiger partial charge in [-0.1, -0.05) is 6.92 Å². The van der Waals surface area contributed by atoms with Crippen LogP contribution in [0.2, 0.25) is 0 Å². The molecule has 0 saturated heterocycles. The Balaban J connectivity index is 2.16. The van der Waals surface area contributed by atoms with Crippen LogP contribution in [0.4, 0.5) is 0 Å². The molecule has 1 aliphatic carbocycles. The largest absolute Gasteiger partial charge is 0.316 e. The molecule has 1 aliphatic heterocycles. The van der Waals surface area contributed by atoms with Crippen LogP contribution in [0, 0.1) is 3.57 Å². The number of halogens is 1. The fourth-order valence-corrected chi connectivity index (χ4v) is 4.44. The van der Waals surface area contributed by atoms with Gasteiger partial charge in [0.25, 0.3) is 0 Å². The molecular formula is C15H20IN. The lowest BCUT2D eigenvalue weighted by molar-refractivity contribution is 0.648. The van der Waals surface area contributed by atoms with Gasteiger partial charge in [0.15, 0.2) is 0 Å². The topological polar surface area (TPSA) is 12.0 Å². The zero-order valence-electron chi connectivity index (χ0n) is 10.5.